The summed E-state index contributed by atoms with van der Waals surface area (Å²) >= 11 is 0. The molecule has 2 rings (SSSR count). The van der Waals surface area contributed by atoms with Gasteiger partial charge in [0.1, 0.15) is 0 Å². The Morgan fingerprint density at radius 3 is 2.23 bits per heavy atom. The Morgan fingerprint density at radius 1 is 1.09 bits per heavy atom. The molecule has 3 N–H and O–H groups in total. The summed E-state index contributed by atoms with van der Waals surface area (Å²) in [6.45, 7) is 4.18. The highest BCUT2D eigenvalue weighted by molar-refractivity contribution is 7.44. The zero-order valence-electron chi connectivity index (χ0n) is 20.9. The molecule has 0 heterocycles. The molecule has 0 saturated carbocycles. The van der Waals surface area contributed by atoms with E-state index in [0.29, 0.717) is 18.3 Å². The van der Waals surface area contributed by atoms with Crippen LogP contribution in [0.3, 0.4) is 0 Å². The summed E-state index contributed by atoms with van der Waals surface area (Å²) in [4.78, 5) is 28.6. The van der Waals surface area contributed by atoms with Gasteiger partial charge in [0.2, 0.25) is 11.6 Å². The molecule has 0 spiro atoms. The van der Waals surface area contributed by atoms with E-state index in [1.807, 2.05) is 62.4 Å². The molecule has 194 valence electrons. The van der Waals surface area contributed by atoms with Crippen molar-refractivity contribution in [2.75, 3.05) is 31.4 Å². The Kier molecular flexibility index (Phi) is 13.9. The fourth-order valence-corrected chi connectivity index (χ4v) is 5.24. The quantitative estimate of drug-likeness (QED) is 0.274. The Bertz CT molecular complexity index is 931. The van der Waals surface area contributed by atoms with Gasteiger partial charge in [-0.15, -0.1) is 12.4 Å². The van der Waals surface area contributed by atoms with Crippen LogP contribution in [0.15, 0.2) is 60.7 Å². The van der Waals surface area contributed by atoms with Gasteiger partial charge in [0.25, 0.3) is 5.91 Å². The number of methoxy groups -OCH3 is 1. The van der Waals surface area contributed by atoms with Gasteiger partial charge in [0.15, 0.2) is 0 Å². The van der Waals surface area contributed by atoms with Gasteiger partial charge in [-0.25, -0.2) is 0 Å². The van der Waals surface area contributed by atoms with E-state index in [9.17, 15) is 14.2 Å². The first-order chi connectivity index (χ1) is 16.3. The number of anilines is 1. The summed E-state index contributed by atoms with van der Waals surface area (Å²) in [5.74, 6) is -0.663. The molecule has 2 atom stereocenters. The second-order valence-corrected chi connectivity index (χ2v) is 10.7. The molecule has 7 nitrogen and oxygen atoms in total. The molecular weight excluding hydrogens is 485 g/mol. The summed E-state index contributed by atoms with van der Waals surface area (Å²) in [6.07, 6.45) is 2.09. The highest BCUT2D eigenvalue weighted by Crippen LogP contribution is 2.33. The summed E-state index contributed by atoms with van der Waals surface area (Å²) < 4.78 is 18.7. The third kappa shape index (κ3) is 9.42. The number of hydrogen-bond donors (Lipinski definition) is 2. The van der Waals surface area contributed by atoms with E-state index in [2.05, 4.69) is 5.32 Å². The van der Waals surface area contributed by atoms with E-state index in [0.717, 1.165) is 12.0 Å². The molecule has 0 aromatic heterocycles. The minimum absolute atomic E-state index is 0. The molecule has 2 aromatic rings. The van der Waals surface area contributed by atoms with Crippen molar-refractivity contribution in [2.45, 2.75) is 45.3 Å². The van der Waals surface area contributed by atoms with Crippen molar-refractivity contribution >= 4 is 37.7 Å². The molecule has 9 heteroatoms. The standard InChI is InChI=1S/C26H38N3O4P.ClH/c1-21(2)19-26(33-3,25(31)28-23-14-8-5-9-15-23)29(20-34(32)18-17-27)24(30)16-10-13-22-11-6-4-7-12-22;/h4-9,11-12,14-15,21,34H,10,13,16-20,27H2,1-3H3,(H,28,31);1H/t26-;/m1./s1. The van der Waals surface area contributed by atoms with Crippen LogP contribution < -0.4 is 11.1 Å². The average molecular weight is 524 g/mol. The molecule has 2 aromatic carbocycles. The van der Waals surface area contributed by atoms with Gasteiger partial charge in [-0.2, -0.15) is 0 Å². The van der Waals surface area contributed by atoms with Gasteiger partial charge >= 0.3 is 0 Å². The lowest BCUT2D eigenvalue weighted by Crippen LogP contribution is -2.61. The van der Waals surface area contributed by atoms with Gasteiger partial charge in [-0.05, 0) is 43.0 Å². The van der Waals surface area contributed by atoms with Gasteiger partial charge in [-0.3, -0.25) is 14.5 Å². The lowest BCUT2D eigenvalue weighted by atomic mass is 9.96. The first-order valence-electron chi connectivity index (χ1n) is 11.8. The van der Waals surface area contributed by atoms with Crippen molar-refractivity contribution in [3.05, 3.63) is 66.2 Å². The van der Waals surface area contributed by atoms with E-state index >= 15 is 0 Å². The SMILES string of the molecule is CO[C@](CC(C)C)(C(=O)Nc1ccccc1)N(C[PH](=O)CCN)C(=O)CCCc1ccccc1.Cl. The van der Waals surface area contributed by atoms with Crippen molar-refractivity contribution < 1.29 is 18.9 Å². The normalized spacial score (nSPS) is 13.4. The molecule has 0 aliphatic carbocycles. The van der Waals surface area contributed by atoms with Crippen LogP contribution >= 0.6 is 20.2 Å². The van der Waals surface area contributed by atoms with Gasteiger partial charge in [-0.1, -0.05) is 62.4 Å². The lowest BCUT2D eigenvalue weighted by Gasteiger charge is -2.42. The highest BCUT2D eigenvalue weighted by Gasteiger charge is 2.47. The number of benzene rings is 2. The minimum atomic E-state index is -2.22. The summed E-state index contributed by atoms with van der Waals surface area (Å²) in [6, 6.07) is 19.0. The third-order valence-corrected chi connectivity index (χ3v) is 7.12. The van der Waals surface area contributed by atoms with E-state index in [1.54, 1.807) is 12.1 Å². The van der Waals surface area contributed by atoms with E-state index in [-0.39, 0.29) is 49.9 Å². The Labute approximate surface area is 216 Å². The van der Waals surface area contributed by atoms with E-state index in [4.69, 9.17) is 10.5 Å². The van der Waals surface area contributed by atoms with Crippen molar-refractivity contribution in [1.29, 1.82) is 0 Å². The van der Waals surface area contributed by atoms with Crippen LogP contribution in [0.5, 0.6) is 0 Å². The summed E-state index contributed by atoms with van der Waals surface area (Å²) in [5, 5.41) is 2.89. The molecule has 0 radical (unpaired) electrons. The lowest BCUT2D eigenvalue weighted by molar-refractivity contribution is -0.179. The number of rotatable bonds is 14. The second-order valence-electron chi connectivity index (χ2n) is 8.80. The molecule has 2 amide bonds. The largest absolute Gasteiger partial charge is 0.350 e. The number of para-hydroxylation sites is 1. The topological polar surface area (TPSA) is 102 Å². The number of aryl methyl sites for hydroxylation is 1. The zero-order chi connectivity index (χ0) is 25.0. The van der Waals surface area contributed by atoms with Crippen LogP contribution in [0.4, 0.5) is 5.69 Å². The smallest absolute Gasteiger partial charge is 0.278 e. The van der Waals surface area contributed by atoms with Gasteiger partial charge < -0.3 is 20.4 Å². The first kappa shape index (κ1) is 30.9. The van der Waals surface area contributed by atoms with Crippen molar-refractivity contribution in [1.82, 2.24) is 4.90 Å². The molecule has 0 fully saturated rings. The number of ether oxygens (including phenoxy) is 1. The maximum Gasteiger partial charge on any atom is 0.278 e. The number of nitrogens with zero attached hydrogens (tertiary/aromatic N) is 1. The third-order valence-electron chi connectivity index (χ3n) is 5.60. The van der Waals surface area contributed by atoms with E-state index in [1.165, 1.54) is 12.0 Å². The number of carbonyl (C=O) groups excluding carboxylic acids is 2. The second kappa shape index (κ2) is 15.7. The fraction of sp³-hybridized carbons (Fsp3) is 0.462. The molecule has 0 aliphatic rings. The number of nitrogens with one attached hydrogen (secondary N) is 1. The van der Waals surface area contributed by atoms with E-state index < -0.39 is 19.4 Å². The number of carbonyl (C=O) groups is 2. The molecule has 1 unspecified atom stereocenters. The number of amides is 2. The number of halogens is 1. The molecule has 0 saturated heterocycles. The van der Waals surface area contributed by atoms with Crippen LogP contribution in [-0.2, 0) is 25.3 Å². The maximum absolute atomic E-state index is 13.6. The summed E-state index contributed by atoms with van der Waals surface area (Å²) in [7, 11) is -0.794. The number of nitrogens with two attached hydrogens (primary N) is 1. The van der Waals surface area contributed by atoms with Crippen LogP contribution in [0.2, 0.25) is 0 Å². The zero-order valence-corrected chi connectivity index (χ0v) is 22.7. The number of hydrogen-bond acceptors (Lipinski definition) is 5. The molecule has 0 bridgehead atoms. The first-order valence-corrected chi connectivity index (χ1v) is 13.6. The maximum atomic E-state index is 13.6. The molecular formula is C26H39ClN3O4P. The monoisotopic (exact) mass is 523 g/mol. The van der Waals surface area contributed by atoms with Crippen LogP contribution in [0.1, 0.15) is 38.7 Å². The molecule has 35 heavy (non-hydrogen) atoms. The predicted octanol–water partition coefficient (Wildman–Crippen LogP) is 4.76. The Morgan fingerprint density at radius 2 is 1.69 bits per heavy atom. The van der Waals surface area contributed by atoms with Gasteiger partial charge in [0.05, 0.1) is 14.1 Å². The van der Waals surface area contributed by atoms with Crippen molar-refractivity contribution in [3.63, 3.8) is 0 Å². The van der Waals surface area contributed by atoms with Crippen LogP contribution in [0.25, 0.3) is 0 Å². The average Bonchev–Trinajstić information content (AvgIpc) is 2.82. The van der Waals surface area contributed by atoms with Crippen molar-refractivity contribution in [2.24, 2.45) is 11.7 Å². The Balaban J connectivity index is 0.00000612. The predicted molar refractivity (Wildman–Crippen MR) is 146 cm³/mol. The molecule has 0 aliphatic heterocycles. The van der Waals surface area contributed by atoms with Gasteiger partial charge in [0, 0.05) is 31.8 Å². The fourth-order valence-electron chi connectivity index (χ4n) is 3.97. The van der Waals surface area contributed by atoms with Crippen LogP contribution in [0, 0.1) is 5.92 Å². The minimum Gasteiger partial charge on any atom is -0.350 e. The van der Waals surface area contributed by atoms with Crippen molar-refractivity contribution in [3.8, 4) is 0 Å². The van der Waals surface area contributed by atoms with Crippen LogP contribution in [-0.4, -0.2) is 48.5 Å². The highest BCUT2D eigenvalue weighted by atomic mass is 35.5. The Hall–Kier alpha value is -2.18. The summed E-state index contributed by atoms with van der Waals surface area (Å²) in [5.41, 5.74) is 5.78.